The molecule has 0 bridgehead atoms. The van der Waals surface area contributed by atoms with Crippen molar-refractivity contribution in [1.82, 2.24) is 4.90 Å². The summed E-state index contributed by atoms with van der Waals surface area (Å²) in [5, 5.41) is 3.45. The third-order valence-corrected chi connectivity index (χ3v) is 3.81. The normalized spacial score (nSPS) is 25.0. The molecule has 100 valence electrons. The first-order valence-corrected chi connectivity index (χ1v) is 6.83. The second kappa shape index (κ2) is 6.76. The molecular weight excluding hydrogens is 224 g/mol. The molecule has 1 heterocycles. The number of nitrogens with zero attached hydrogens (tertiary/aromatic N) is 1. The van der Waals surface area contributed by atoms with Crippen LogP contribution in [0.2, 0.25) is 0 Å². The lowest BCUT2D eigenvalue weighted by Crippen LogP contribution is -2.45. The van der Waals surface area contributed by atoms with Gasteiger partial charge in [0.15, 0.2) is 0 Å². The molecule has 3 nitrogen and oxygen atoms in total. The molecule has 1 aliphatic rings. The second-order valence-electron chi connectivity index (χ2n) is 5.13. The third kappa shape index (κ3) is 3.72. The van der Waals surface area contributed by atoms with Crippen molar-refractivity contribution in [2.75, 3.05) is 38.6 Å². The number of hydrogen-bond donors (Lipinski definition) is 1. The molecule has 0 amide bonds. The van der Waals surface area contributed by atoms with Gasteiger partial charge in [0.2, 0.25) is 0 Å². The molecule has 1 aliphatic heterocycles. The number of hydrogen-bond acceptors (Lipinski definition) is 3. The van der Waals surface area contributed by atoms with E-state index < -0.39 is 0 Å². The minimum absolute atomic E-state index is 0.399. The quantitative estimate of drug-likeness (QED) is 0.866. The molecular formula is C15H24N2O. The van der Waals surface area contributed by atoms with Gasteiger partial charge in [0.1, 0.15) is 0 Å². The molecule has 2 rings (SSSR count). The summed E-state index contributed by atoms with van der Waals surface area (Å²) < 4.78 is 5.54. The highest BCUT2D eigenvalue weighted by molar-refractivity contribution is 5.42. The van der Waals surface area contributed by atoms with E-state index in [9.17, 15) is 0 Å². The highest BCUT2D eigenvalue weighted by Crippen LogP contribution is 2.19. The molecule has 18 heavy (non-hydrogen) atoms. The van der Waals surface area contributed by atoms with E-state index >= 15 is 0 Å². The number of para-hydroxylation sites is 1. The second-order valence-corrected chi connectivity index (χ2v) is 5.13. The smallest absolute Gasteiger partial charge is 0.0724 e. The van der Waals surface area contributed by atoms with Gasteiger partial charge in [-0.3, -0.25) is 4.90 Å². The van der Waals surface area contributed by atoms with E-state index in [1.165, 1.54) is 18.7 Å². The minimum Gasteiger partial charge on any atom is -0.384 e. The molecule has 3 heteroatoms. The van der Waals surface area contributed by atoms with Crippen LogP contribution in [0.5, 0.6) is 0 Å². The lowest BCUT2D eigenvalue weighted by atomic mass is 9.96. The van der Waals surface area contributed by atoms with E-state index in [0.29, 0.717) is 12.0 Å². The molecule has 2 unspecified atom stereocenters. The van der Waals surface area contributed by atoms with E-state index in [-0.39, 0.29) is 0 Å². The number of methoxy groups -OCH3 is 1. The highest BCUT2D eigenvalue weighted by Gasteiger charge is 2.25. The Kier molecular flexibility index (Phi) is 5.02. The standard InChI is InChI=1S/C15H24N2O/c1-13-8-10-17(12-15(13)18-2)11-9-16-14-6-4-3-5-7-14/h3-7,13,15-16H,8-12H2,1-2H3. The van der Waals surface area contributed by atoms with Crippen LogP contribution in [-0.2, 0) is 4.74 Å². The fourth-order valence-corrected chi connectivity index (χ4v) is 2.52. The predicted molar refractivity (Wildman–Crippen MR) is 75.9 cm³/mol. The lowest BCUT2D eigenvalue weighted by molar-refractivity contribution is -0.00357. The Labute approximate surface area is 110 Å². The average molecular weight is 248 g/mol. The van der Waals surface area contributed by atoms with Crippen molar-refractivity contribution in [3.05, 3.63) is 30.3 Å². The largest absolute Gasteiger partial charge is 0.384 e. The van der Waals surface area contributed by atoms with Gasteiger partial charge in [-0.15, -0.1) is 0 Å². The summed E-state index contributed by atoms with van der Waals surface area (Å²) in [4.78, 5) is 2.49. The maximum absolute atomic E-state index is 5.54. The molecule has 1 aromatic carbocycles. The third-order valence-electron chi connectivity index (χ3n) is 3.81. The van der Waals surface area contributed by atoms with Gasteiger partial charge in [0, 0.05) is 32.4 Å². The van der Waals surface area contributed by atoms with Crippen molar-refractivity contribution in [1.29, 1.82) is 0 Å². The Bertz CT molecular complexity index is 342. The molecule has 0 aromatic heterocycles. The number of likely N-dealkylation sites (tertiary alicyclic amines) is 1. The van der Waals surface area contributed by atoms with Crippen molar-refractivity contribution in [3.63, 3.8) is 0 Å². The van der Waals surface area contributed by atoms with Crippen LogP contribution < -0.4 is 5.32 Å². The number of piperidine rings is 1. The van der Waals surface area contributed by atoms with Crippen molar-refractivity contribution in [3.8, 4) is 0 Å². The summed E-state index contributed by atoms with van der Waals surface area (Å²) in [7, 11) is 1.83. The van der Waals surface area contributed by atoms with E-state index in [1.807, 2.05) is 13.2 Å². The minimum atomic E-state index is 0.399. The summed E-state index contributed by atoms with van der Waals surface area (Å²) >= 11 is 0. The summed E-state index contributed by atoms with van der Waals surface area (Å²) in [6.07, 6.45) is 1.64. The Morgan fingerprint density at radius 2 is 2.11 bits per heavy atom. The van der Waals surface area contributed by atoms with Crippen LogP contribution in [0.25, 0.3) is 0 Å². The van der Waals surface area contributed by atoms with Gasteiger partial charge in [-0.2, -0.15) is 0 Å². The fraction of sp³-hybridized carbons (Fsp3) is 0.600. The molecule has 1 saturated heterocycles. The predicted octanol–water partition coefficient (Wildman–Crippen LogP) is 2.46. The van der Waals surface area contributed by atoms with Crippen LogP contribution >= 0.6 is 0 Å². The van der Waals surface area contributed by atoms with Gasteiger partial charge < -0.3 is 10.1 Å². The number of nitrogens with one attached hydrogen (secondary N) is 1. The van der Waals surface area contributed by atoms with Crippen molar-refractivity contribution < 1.29 is 4.74 Å². The van der Waals surface area contributed by atoms with Crippen LogP contribution in [0.4, 0.5) is 5.69 Å². The van der Waals surface area contributed by atoms with Gasteiger partial charge in [-0.25, -0.2) is 0 Å². The number of benzene rings is 1. The molecule has 0 radical (unpaired) electrons. The average Bonchev–Trinajstić information content (AvgIpc) is 2.42. The van der Waals surface area contributed by atoms with Gasteiger partial charge in [0.25, 0.3) is 0 Å². The first-order valence-electron chi connectivity index (χ1n) is 6.83. The fourth-order valence-electron chi connectivity index (χ4n) is 2.52. The van der Waals surface area contributed by atoms with Crippen LogP contribution in [0, 0.1) is 5.92 Å². The monoisotopic (exact) mass is 248 g/mol. The molecule has 0 aliphatic carbocycles. The van der Waals surface area contributed by atoms with Crippen molar-refractivity contribution in [2.45, 2.75) is 19.4 Å². The Morgan fingerprint density at radius 1 is 1.33 bits per heavy atom. The topological polar surface area (TPSA) is 24.5 Å². The van der Waals surface area contributed by atoms with Crippen LogP contribution in [0.3, 0.4) is 0 Å². The summed E-state index contributed by atoms with van der Waals surface area (Å²) in [6.45, 7) is 6.62. The first kappa shape index (κ1) is 13.4. The Hall–Kier alpha value is -1.06. The first-order chi connectivity index (χ1) is 8.79. The van der Waals surface area contributed by atoms with E-state index in [2.05, 4.69) is 41.4 Å². The number of anilines is 1. The van der Waals surface area contributed by atoms with E-state index in [4.69, 9.17) is 4.74 Å². The van der Waals surface area contributed by atoms with E-state index in [1.54, 1.807) is 0 Å². The van der Waals surface area contributed by atoms with Crippen molar-refractivity contribution >= 4 is 5.69 Å². The van der Waals surface area contributed by atoms with Gasteiger partial charge >= 0.3 is 0 Å². The number of rotatable bonds is 5. The van der Waals surface area contributed by atoms with Gasteiger partial charge in [-0.1, -0.05) is 25.1 Å². The van der Waals surface area contributed by atoms with E-state index in [0.717, 1.165) is 19.6 Å². The van der Waals surface area contributed by atoms with Crippen LogP contribution in [0.15, 0.2) is 30.3 Å². The number of ether oxygens (including phenoxy) is 1. The van der Waals surface area contributed by atoms with Crippen LogP contribution in [-0.4, -0.2) is 44.3 Å². The van der Waals surface area contributed by atoms with Gasteiger partial charge in [-0.05, 0) is 31.0 Å². The molecule has 0 spiro atoms. The molecule has 1 aromatic rings. The SMILES string of the molecule is COC1CN(CCNc2ccccc2)CCC1C. The van der Waals surface area contributed by atoms with Crippen LogP contribution in [0.1, 0.15) is 13.3 Å². The summed E-state index contributed by atoms with van der Waals surface area (Å²) in [5.41, 5.74) is 1.20. The summed E-state index contributed by atoms with van der Waals surface area (Å²) in [5.74, 6) is 0.688. The highest BCUT2D eigenvalue weighted by atomic mass is 16.5. The maximum atomic E-state index is 5.54. The Morgan fingerprint density at radius 3 is 2.83 bits per heavy atom. The Balaban J connectivity index is 1.71. The zero-order chi connectivity index (χ0) is 12.8. The molecule has 0 saturated carbocycles. The zero-order valence-corrected chi connectivity index (χ0v) is 11.4. The molecule has 1 N–H and O–H groups in total. The van der Waals surface area contributed by atoms with Crippen molar-refractivity contribution in [2.24, 2.45) is 5.92 Å². The zero-order valence-electron chi connectivity index (χ0n) is 11.4. The van der Waals surface area contributed by atoms with Gasteiger partial charge in [0.05, 0.1) is 6.10 Å². The molecule has 2 atom stereocenters. The molecule has 1 fully saturated rings. The summed E-state index contributed by atoms with van der Waals surface area (Å²) in [6, 6.07) is 10.4. The maximum Gasteiger partial charge on any atom is 0.0724 e. The lowest BCUT2D eigenvalue weighted by Gasteiger charge is -2.36.